The summed E-state index contributed by atoms with van der Waals surface area (Å²) in [4.78, 5) is 14.9. The number of likely N-dealkylation sites (N-methyl/N-ethyl adjacent to an activating group) is 1. The zero-order chi connectivity index (χ0) is 22.6. The van der Waals surface area contributed by atoms with E-state index in [1.54, 1.807) is 49.6 Å². The van der Waals surface area contributed by atoms with Gasteiger partial charge in [-0.2, -0.15) is 0 Å². The minimum absolute atomic E-state index is 0.120. The number of nitrogens with one attached hydrogen (secondary N) is 2. The number of aryl methyl sites for hydroxylation is 2. The zero-order valence-electron chi connectivity index (χ0n) is 18.0. The highest BCUT2D eigenvalue weighted by atomic mass is 32.2. The van der Waals surface area contributed by atoms with Crippen molar-refractivity contribution in [3.8, 4) is 0 Å². The Balaban J connectivity index is 1.73. The summed E-state index contributed by atoms with van der Waals surface area (Å²) in [6.07, 6.45) is 1.60. The van der Waals surface area contributed by atoms with E-state index < -0.39 is 10.0 Å². The summed E-state index contributed by atoms with van der Waals surface area (Å²) in [6.45, 7) is 3.93. The SMILES string of the molecule is Cc1ccc(C)c(S(=O)(=O)Nc2cccc(C(=O)NCC(c3ccco3)N(C)C)c2)c1. The van der Waals surface area contributed by atoms with Gasteiger partial charge in [-0.3, -0.25) is 14.4 Å². The van der Waals surface area contributed by atoms with Crippen LogP contribution in [-0.4, -0.2) is 39.9 Å². The molecule has 31 heavy (non-hydrogen) atoms. The number of benzene rings is 2. The predicted molar refractivity (Wildman–Crippen MR) is 121 cm³/mol. The van der Waals surface area contributed by atoms with E-state index in [4.69, 9.17) is 4.42 Å². The highest BCUT2D eigenvalue weighted by Crippen LogP contribution is 2.22. The summed E-state index contributed by atoms with van der Waals surface area (Å²) >= 11 is 0. The molecule has 0 aliphatic carbocycles. The molecule has 7 nitrogen and oxygen atoms in total. The molecule has 0 spiro atoms. The van der Waals surface area contributed by atoms with E-state index in [0.29, 0.717) is 23.4 Å². The van der Waals surface area contributed by atoms with Crippen molar-refractivity contribution in [2.45, 2.75) is 24.8 Å². The van der Waals surface area contributed by atoms with Crippen molar-refractivity contribution in [2.24, 2.45) is 0 Å². The molecule has 3 aromatic rings. The van der Waals surface area contributed by atoms with Crippen molar-refractivity contribution in [1.29, 1.82) is 0 Å². The fourth-order valence-corrected chi connectivity index (χ4v) is 4.62. The van der Waals surface area contributed by atoms with Crippen LogP contribution in [0.25, 0.3) is 0 Å². The molecular weight excluding hydrogens is 414 g/mol. The Bertz CT molecular complexity index is 1160. The Morgan fingerprint density at radius 3 is 2.52 bits per heavy atom. The van der Waals surface area contributed by atoms with Crippen LogP contribution >= 0.6 is 0 Å². The lowest BCUT2D eigenvalue weighted by molar-refractivity contribution is 0.0939. The summed E-state index contributed by atoms with van der Waals surface area (Å²) in [7, 11) is 0.0333. The van der Waals surface area contributed by atoms with Gasteiger partial charge in [0.25, 0.3) is 15.9 Å². The topological polar surface area (TPSA) is 91.6 Å². The second-order valence-electron chi connectivity index (χ2n) is 7.66. The van der Waals surface area contributed by atoms with Gasteiger partial charge in [-0.05, 0) is 75.5 Å². The van der Waals surface area contributed by atoms with Gasteiger partial charge in [0.15, 0.2) is 0 Å². The highest BCUT2D eigenvalue weighted by Gasteiger charge is 2.20. The fourth-order valence-electron chi connectivity index (χ4n) is 3.24. The minimum Gasteiger partial charge on any atom is -0.468 e. The molecule has 1 aromatic heterocycles. The number of hydrogen-bond acceptors (Lipinski definition) is 5. The van der Waals surface area contributed by atoms with Crippen LogP contribution in [0.3, 0.4) is 0 Å². The van der Waals surface area contributed by atoms with Gasteiger partial charge in [0.05, 0.1) is 17.2 Å². The van der Waals surface area contributed by atoms with E-state index >= 15 is 0 Å². The third kappa shape index (κ3) is 5.53. The van der Waals surface area contributed by atoms with E-state index in [-0.39, 0.29) is 16.8 Å². The molecule has 0 aliphatic heterocycles. The summed E-state index contributed by atoms with van der Waals surface area (Å²) in [5.74, 6) is 0.450. The van der Waals surface area contributed by atoms with E-state index in [2.05, 4.69) is 10.0 Å². The van der Waals surface area contributed by atoms with Gasteiger partial charge in [-0.25, -0.2) is 8.42 Å². The highest BCUT2D eigenvalue weighted by molar-refractivity contribution is 7.92. The number of anilines is 1. The maximum absolute atomic E-state index is 12.8. The number of hydrogen-bond donors (Lipinski definition) is 2. The molecule has 8 heteroatoms. The van der Waals surface area contributed by atoms with Crippen molar-refractivity contribution in [3.63, 3.8) is 0 Å². The molecule has 2 aromatic carbocycles. The van der Waals surface area contributed by atoms with Crippen molar-refractivity contribution >= 4 is 21.6 Å². The molecule has 0 saturated carbocycles. The molecule has 1 heterocycles. The van der Waals surface area contributed by atoms with Crippen LogP contribution in [0, 0.1) is 13.8 Å². The molecule has 0 radical (unpaired) electrons. The Labute approximate surface area is 183 Å². The van der Waals surface area contributed by atoms with Gasteiger partial charge < -0.3 is 9.73 Å². The average molecular weight is 442 g/mol. The molecule has 0 saturated heterocycles. The van der Waals surface area contributed by atoms with Crippen LogP contribution in [0.1, 0.15) is 33.3 Å². The van der Waals surface area contributed by atoms with E-state index in [9.17, 15) is 13.2 Å². The van der Waals surface area contributed by atoms with Crippen LogP contribution in [0.5, 0.6) is 0 Å². The summed E-state index contributed by atoms with van der Waals surface area (Å²) in [5, 5.41) is 2.89. The van der Waals surface area contributed by atoms with Gasteiger partial charge in [-0.1, -0.05) is 18.2 Å². The van der Waals surface area contributed by atoms with E-state index in [1.165, 1.54) is 6.07 Å². The Morgan fingerprint density at radius 2 is 1.84 bits per heavy atom. The first kappa shape index (κ1) is 22.6. The first-order chi connectivity index (χ1) is 14.7. The number of sulfonamides is 1. The average Bonchev–Trinajstić information content (AvgIpc) is 3.23. The Hall–Kier alpha value is -3.10. The second-order valence-corrected chi connectivity index (χ2v) is 9.31. The minimum atomic E-state index is -3.78. The maximum atomic E-state index is 12.8. The lowest BCUT2D eigenvalue weighted by Crippen LogP contribution is -2.34. The molecule has 2 N–H and O–H groups in total. The van der Waals surface area contributed by atoms with Crippen molar-refractivity contribution in [1.82, 2.24) is 10.2 Å². The fraction of sp³-hybridized carbons (Fsp3) is 0.261. The van der Waals surface area contributed by atoms with E-state index in [0.717, 1.165) is 11.3 Å². The van der Waals surface area contributed by atoms with Crippen LogP contribution in [0.2, 0.25) is 0 Å². The molecule has 1 amide bonds. The van der Waals surface area contributed by atoms with Gasteiger partial charge in [0.1, 0.15) is 5.76 Å². The molecule has 0 fully saturated rings. The summed E-state index contributed by atoms with van der Waals surface area (Å²) in [6, 6.07) is 15.2. The molecule has 3 rings (SSSR count). The van der Waals surface area contributed by atoms with Crippen molar-refractivity contribution < 1.29 is 17.6 Å². The van der Waals surface area contributed by atoms with Crippen molar-refractivity contribution in [3.05, 3.63) is 83.3 Å². The quantitative estimate of drug-likeness (QED) is 0.556. The largest absolute Gasteiger partial charge is 0.468 e. The third-order valence-corrected chi connectivity index (χ3v) is 6.48. The monoisotopic (exact) mass is 441 g/mol. The van der Waals surface area contributed by atoms with Crippen LogP contribution in [-0.2, 0) is 10.0 Å². The molecule has 1 unspecified atom stereocenters. The van der Waals surface area contributed by atoms with Crippen molar-refractivity contribution in [2.75, 3.05) is 25.4 Å². The number of carbonyl (C=O) groups excluding carboxylic acids is 1. The zero-order valence-corrected chi connectivity index (χ0v) is 18.9. The van der Waals surface area contributed by atoms with Crippen LogP contribution < -0.4 is 10.0 Å². The Kier molecular flexibility index (Phi) is 6.82. The lowest BCUT2D eigenvalue weighted by atomic mass is 10.1. The first-order valence-electron chi connectivity index (χ1n) is 9.85. The number of nitrogens with zero attached hydrogens (tertiary/aromatic N) is 1. The maximum Gasteiger partial charge on any atom is 0.262 e. The van der Waals surface area contributed by atoms with Gasteiger partial charge in [-0.15, -0.1) is 0 Å². The smallest absolute Gasteiger partial charge is 0.262 e. The first-order valence-corrected chi connectivity index (χ1v) is 11.3. The number of carbonyl (C=O) groups is 1. The Morgan fingerprint density at radius 1 is 1.06 bits per heavy atom. The normalized spacial score (nSPS) is 12.5. The predicted octanol–water partition coefficient (Wildman–Crippen LogP) is 3.73. The second kappa shape index (κ2) is 9.36. The van der Waals surface area contributed by atoms with Gasteiger partial charge in [0, 0.05) is 17.8 Å². The number of furan rings is 1. The third-order valence-electron chi connectivity index (χ3n) is 4.96. The molecule has 0 bridgehead atoms. The molecule has 164 valence electrons. The van der Waals surface area contributed by atoms with Gasteiger partial charge in [0.2, 0.25) is 0 Å². The lowest BCUT2D eigenvalue weighted by Gasteiger charge is -2.22. The number of rotatable bonds is 8. The summed E-state index contributed by atoms with van der Waals surface area (Å²) in [5.41, 5.74) is 2.19. The number of amides is 1. The van der Waals surface area contributed by atoms with Crippen LogP contribution in [0.4, 0.5) is 5.69 Å². The van der Waals surface area contributed by atoms with Gasteiger partial charge >= 0.3 is 0 Å². The van der Waals surface area contributed by atoms with E-state index in [1.807, 2.05) is 38.1 Å². The molecule has 1 atom stereocenters. The standard InChI is InChI=1S/C23H27N3O4S/c1-16-10-11-17(2)22(13-16)31(28,29)25-19-8-5-7-18(14-19)23(27)24-15-20(26(3)4)21-9-6-12-30-21/h5-14,20,25H,15H2,1-4H3,(H,24,27). The molecular formula is C23H27N3O4S. The van der Waals surface area contributed by atoms with Crippen LogP contribution in [0.15, 0.2) is 70.2 Å². The summed E-state index contributed by atoms with van der Waals surface area (Å²) < 4.78 is 33.7. The molecule has 0 aliphatic rings.